The van der Waals surface area contributed by atoms with Crippen LogP contribution in [0.4, 0.5) is 0 Å². The summed E-state index contributed by atoms with van der Waals surface area (Å²) in [6.45, 7) is 5.34. The second kappa shape index (κ2) is 7.08. The molecule has 1 aromatic heterocycles. The maximum atomic E-state index is 12.2. The lowest BCUT2D eigenvalue weighted by molar-refractivity contribution is -0.149. The van der Waals surface area contributed by atoms with Crippen molar-refractivity contribution in [2.75, 3.05) is 32.7 Å². The highest BCUT2D eigenvalue weighted by molar-refractivity contribution is 5.77. The molecule has 2 aliphatic heterocycles. The summed E-state index contributed by atoms with van der Waals surface area (Å²) in [6.07, 6.45) is 13.2. The van der Waals surface area contributed by atoms with Gasteiger partial charge in [-0.05, 0) is 25.8 Å². The molecule has 1 aromatic rings. The Morgan fingerprint density at radius 3 is 2.68 bits per heavy atom. The first-order valence-corrected chi connectivity index (χ1v) is 9.83. The molecule has 0 spiro atoms. The Bertz CT molecular complexity index is 584. The number of fused-ring (bicyclic) bond motifs is 1. The number of hydrogen-bond acceptors (Lipinski definition) is 4. The molecule has 1 aliphatic carbocycles. The Hall–Kier alpha value is -1.40. The molecule has 0 aromatic carbocycles. The number of carboxylic acids is 1. The average Bonchev–Trinajstić information content (AvgIpc) is 3.30. The molecule has 3 aliphatic rings. The van der Waals surface area contributed by atoms with Crippen molar-refractivity contribution in [1.29, 1.82) is 0 Å². The van der Waals surface area contributed by atoms with E-state index < -0.39 is 11.4 Å². The molecule has 6 heteroatoms. The van der Waals surface area contributed by atoms with Gasteiger partial charge in [-0.15, -0.1) is 0 Å². The fourth-order valence-corrected chi connectivity index (χ4v) is 5.30. The second-order valence-corrected chi connectivity index (χ2v) is 8.27. The fourth-order valence-electron chi connectivity index (χ4n) is 5.30. The Kier molecular flexibility index (Phi) is 4.82. The number of carbonyl (C=O) groups is 1. The van der Waals surface area contributed by atoms with Crippen LogP contribution in [0.15, 0.2) is 18.7 Å². The Morgan fingerprint density at radius 2 is 2.00 bits per heavy atom. The van der Waals surface area contributed by atoms with Gasteiger partial charge < -0.3 is 14.6 Å². The third-order valence-electron chi connectivity index (χ3n) is 6.67. The van der Waals surface area contributed by atoms with Crippen LogP contribution in [0.1, 0.15) is 38.5 Å². The van der Waals surface area contributed by atoms with Crippen LogP contribution >= 0.6 is 0 Å². The van der Waals surface area contributed by atoms with Gasteiger partial charge in [0.15, 0.2) is 0 Å². The minimum atomic E-state index is -0.576. The summed E-state index contributed by atoms with van der Waals surface area (Å²) in [7, 11) is 0. The van der Waals surface area contributed by atoms with Crippen LogP contribution in [0.3, 0.4) is 0 Å². The molecule has 0 unspecified atom stereocenters. The maximum absolute atomic E-state index is 12.2. The normalized spacial score (nSPS) is 31.4. The summed E-state index contributed by atoms with van der Waals surface area (Å²) >= 11 is 0. The van der Waals surface area contributed by atoms with E-state index >= 15 is 0 Å². The number of aliphatic carboxylic acids is 1. The highest BCUT2D eigenvalue weighted by Gasteiger charge is 2.58. The number of nitrogens with zero attached hydrogens (tertiary/aromatic N) is 4. The summed E-state index contributed by atoms with van der Waals surface area (Å²) in [5.74, 6) is -0.284. The lowest BCUT2D eigenvalue weighted by Gasteiger charge is -2.33. The molecule has 2 atom stereocenters. The molecule has 4 rings (SSSR count). The van der Waals surface area contributed by atoms with E-state index in [1.807, 2.05) is 12.5 Å². The largest absolute Gasteiger partial charge is 0.481 e. The third kappa shape index (κ3) is 3.34. The molecule has 3 heterocycles. The molecule has 1 saturated carbocycles. The Balaban J connectivity index is 1.34. The summed E-state index contributed by atoms with van der Waals surface area (Å²) in [6, 6.07) is 0.630. The quantitative estimate of drug-likeness (QED) is 0.853. The number of carboxylic acid groups (broad SMARTS) is 1. The van der Waals surface area contributed by atoms with Crippen molar-refractivity contribution in [3.63, 3.8) is 0 Å². The second-order valence-electron chi connectivity index (χ2n) is 8.27. The summed E-state index contributed by atoms with van der Waals surface area (Å²) in [4.78, 5) is 21.1. The average molecular weight is 346 g/mol. The third-order valence-corrected chi connectivity index (χ3v) is 6.67. The molecule has 0 radical (unpaired) electrons. The summed E-state index contributed by atoms with van der Waals surface area (Å²) < 4.78 is 2.09. The number of aryl methyl sites for hydroxylation is 1. The van der Waals surface area contributed by atoms with Crippen molar-refractivity contribution in [1.82, 2.24) is 19.4 Å². The maximum Gasteiger partial charge on any atom is 0.312 e. The van der Waals surface area contributed by atoms with Gasteiger partial charge in [-0.1, -0.05) is 19.3 Å². The van der Waals surface area contributed by atoms with Gasteiger partial charge in [-0.3, -0.25) is 9.69 Å². The van der Waals surface area contributed by atoms with Crippen molar-refractivity contribution in [2.45, 2.75) is 51.1 Å². The minimum Gasteiger partial charge on any atom is -0.481 e. The molecule has 1 N–H and O–H groups in total. The highest BCUT2D eigenvalue weighted by atomic mass is 16.4. The molecule has 3 fully saturated rings. The van der Waals surface area contributed by atoms with Gasteiger partial charge in [-0.2, -0.15) is 0 Å². The molecule has 2 saturated heterocycles. The number of likely N-dealkylation sites (tertiary alicyclic amines) is 2. The standard InChI is InChI=1S/C19H30N4O2/c24-18(25)19-13-22(9-4-8-21-10-7-20-15-21)11-16(19)12-23(14-19)17-5-2-1-3-6-17/h7,10,15-17H,1-6,8-9,11-14H2,(H,24,25)/t16-,19-/m1/s1. The van der Waals surface area contributed by atoms with Crippen molar-refractivity contribution in [3.8, 4) is 0 Å². The molecule has 6 nitrogen and oxygen atoms in total. The smallest absolute Gasteiger partial charge is 0.312 e. The number of imidazole rings is 1. The van der Waals surface area contributed by atoms with Crippen LogP contribution in [0, 0.1) is 11.3 Å². The van der Waals surface area contributed by atoms with Crippen molar-refractivity contribution < 1.29 is 9.90 Å². The zero-order valence-electron chi connectivity index (χ0n) is 15.0. The zero-order chi connectivity index (χ0) is 17.3. The van der Waals surface area contributed by atoms with E-state index in [4.69, 9.17) is 0 Å². The minimum absolute atomic E-state index is 0.292. The SMILES string of the molecule is O=C(O)[C@@]12CN(CCCn3ccnc3)C[C@@H]1CN(C1CCCCC1)C2. The van der Waals surface area contributed by atoms with E-state index in [0.717, 1.165) is 45.7 Å². The fraction of sp³-hybridized carbons (Fsp3) is 0.789. The number of rotatable bonds is 6. The number of aromatic nitrogens is 2. The van der Waals surface area contributed by atoms with Gasteiger partial charge in [-0.25, -0.2) is 4.98 Å². The van der Waals surface area contributed by atoms with E-state index in [0.29, 0.717) is 12.0 Å². The van der Waals surface area contributed by atoms with Gasteiger partial charge in [0, 0.05) is 57.1 Å². The van der Waals surface area contributed by atoms with Crippen molar-refractivity contribution in [2.24, 2.45) is 11.3 Å². The van der Waals surface area contributed by atoms with Crippen LogP contribution in [0.5, 0.6) is 0 Å². The van der Waals surface area contributed by atoms with Crippen LogP contribution in [-0.4, -0.2) is 69.2 Å². The topological polar surface area (TPSA) is 61.6 Å². The van der Waals surface area contributed by atoms with Crippen LogP contribution in [-0.2, 0) is 11.3 Å². The first-order valence-electron chi connectivity index (χ1n) is 9.83. The summed E-state index contributed by atoms with van der Waals surface area (Å²) in [5, 5.41) is 10.0. The van der Waals surface area contributed by atoms with Gasteiger partial charge >= 0.3 is 5.97 Å². The van der Waals surface area contributed by atoms with Crippen LogP contribution in [0.2, 0.25) is 0 Å². The van der Waals surface area contributed by atoms with Crippen LogP contribution in [0.25, 0.3) is 0 Å². The van der Waals surface area contributed by atoms with E-state index in [1.165, 1.54) is 32.1 Å². The lowest BCUT2D eigenvalue weighted by Crippen LogP contribution is -2.43. The van der Waals surface area contributed by atoms with E-state index in [1.54, 1.807) is 6.20 Å². The lowest BCUT2D eigenvalue weighted by atomic mass is 9.81. The van der Waals surface area contributed by atoms with Gasteiger partial charge in [0.2, 0.25) is 0 Å². The monoisotopic (exact) mass is 346 g/mol. The zero-order valence-corrected chi connectivity index (χ0v) is 15.0. The predicted molar refractivity (Wildman–Crippen MR) is 95.3 cm³/mol. The predicted octanol–water partition coefficient (Wildman–Crippen LogP) is 1.92. The molecule has 0 amide bonds. The Labute approximate surface area is 149 Å². The first-order chi connectivity index (χ1) is 12.2. The molecule has 138 valence electrons. The van der Waals surface area contributed by atoms with E-state index in [9.17, 15) is 9.90 Å². The molecular formula is C19H30N4O2. The van der Waals surface area contributed by atoms with Gasteiger partial charge in [0.1, 0.15) is 0 Å². The molecular weight excluding hydrogens is 316 g/mol. The van der Waals surface area contributed by atoms with Gasteiger partial charge in [0.25, 0.3) is 0 Å². The van der Waals surface area contributed by atoms with Gasteiger partial charge in [0.05, 0.1) is 11.7 Å². The van der Waals surface area contributed by atoms with E-state index in [-0.39, 0.29) is 0 Å². The first kappa shape index (κ1) is 17.0. The van der Waals surface area contributed by atoms with Crippen LogP contribution < -0.4 is 0 Å². The van der Waals surface area contributed by atoms with Crippen molar-refractivity contribution in [3.05, 3.63) is 18.7 Å². The van der Waals surface area contributed by atoms with Crippen molar-refractivity contribution >= 4 is 5.97 Å². The molecule has 25 heavy (non-hydrogen) atoms. The number of hydrogen-bond donors (Lipinski definition) is 1. The summed E-state index contributed by atoms with van der Waals surface area (Å²) in [5.41, 5.74) is -0.535. The molecule has 0 bridgehead atoms. The Morgan fingerprint density at radius 1 is 1.16 bits per heavy atom. The highest BCUT2D eigenvalue weighted by Crippen LogP contribution is 2.44. The van der Waals surface area contributed by atoms with E-state index in [2.05, 4.69) is 19.4 Å².